The molecule has 0 saturated heterocycles. The number of anilines is 1. The standard InChI is InChI=1S/C18H22N2O3/c1-3-11-22-16-6-5-15(13-17(16)23-12-4-2)20-18(21)14-7-9-19-10-8-14/h5-10,13H,3-4,11-12H2,1-2H3,(H,20,21). The van der Waals surface area contributed by atoms with Crippen molar-refractivity contribution in [2.24, 2.45) is 0 Å². The zero-order valence-electron chi connectivity index (χ0n) is 13.5. The monoisotopic (exact) mass is 314 g/mol. The Labute approximate surface area is 136 Å². The first-order chi connectivity index (χ1) is 11.2. The molecule has 1 aromatic heterocycles. The lowest BCUT2D eigenvalue weighted by Crippen LogP contribution is -2.12. The second-order valence-corrected chi connectivity index (χ2v) is 5.05. The predicted octanol–water partition coefficient (Wildman–Crippen LogP) is 3.91. The Balaban J connectivity index is 2.13. The van der Waals surface area contributed by atoms with Gasteiger partial charge in [-0.3, -0.25) is 9.78 Å². The molecule has 1 heterocycles. The van der Waals surface area contributed by atoms with Crippen molar-refractivity contribution in [3.8, 4) is 11.5 Å². The molecule has 1 N–H and O–H groups in total. The summed E-state index contributed by atoms with van der Waals surface area (Å²) in [5.41, 5.74) is 1.23. The van der Waals surface area contributed by atoms with Crippen LogP contribution in [0.4, 0.5) is 5.69 Å². The van der Waals surface area contributed by atoms with Gasteiger partial charge in [0.25, 0.3) is 5.91 Å². The second-order valence-electron chi connectivity index (χ2n) is 5.05. The summed E-state index contributed by atoms with van der Waals surface area (Å²) in [5.74, 6) is 1.16. The van der Waals surface area contributed by atoms with Crippen molar-refractivity contribution in [3.05, 3.63) is 48.3 Å². The van der Waals surface area contributed by atoms with Crippen LogP contribution in [-0.4, -0.2) is 24.1 Å². The van der Waals surface area contributed by atoms with Crippen molar-refractivity contribution in [3.63, 3.8) is 0 Å². The molecule has 0 aliphatic rings. The lowest BCUT2D eigenvalue weighted by atomic mass is 10.2. The molecule has 2 aromatic rings. The third kappa shape index (κ3) is 4.98. The molecule has 0 radical (unpaired) electrons. The van der Waals surface area contributed by atoms with Crippen LogP contribution in [0.25, 0.3) is 0 Å². The molecule has 0 aliphatic carbocycles. The van der Waals surface area contributed by atoms with Crippen molar-refractivity contribution >= 4 is 11.6 Å². The van der Waals surface area contributed by atoms with E-state index in [1.165, 1.54) is 0 Å². The van der Waals surface area contributed by atoms with E-state index in [0.717, 1.165) is 12.8 Å². The number of benzene rings is 1. The number of carbonyl (C=O) groups excluding carboxylic acids is 1. The highest BCUT2D eigenvalue weighted by Crippen LogP contribution is 2.31. The third-order valence-corrected chi connectivity index (χ3v) is 3.07. The Bertz CT molecular complexity index is 629. The van der Waals surface area contributed by atoms with Gasteiger partial charge in [-0.2, -0.15) is 0 Å². The molecule has 0 fully saturated rings. The molecule has 5 nitrogen and oxygen atoms in total. The summed E-state index contributed by atoms with van der Waals surface area (Å²) in [7, 11) is 0. The van der Waals surface area contributed by atoms with Crippen LogP contribution in [0.3, 0.4) is 0 Å². The first-order valence-corrected chi connectivity index (χ1v) is 7.85. The number of carbonyl (C=O) groups is 1. The molecule has 0 saturated carbocycles. The maximum atomic E-state index is 12.2. The number of nitrogens with zero attached hydrogens (tertiary/aromatic N) is 1. The number of nitrogens with one attached hydrogen (secondary N) is 1. The number of hydrogen-bond donors (Lipinski definition) is 1. The van der Waals surface area contributed by atoms with Crippen LogP contribution in [0.2, 0.25) is 0 Å². The fourth-order valence-electron chi connectivity index (χ4n) is 1.95. The van der Waals surface area contributed by atoms with E-state index in [1.54, 1.807) is 30.6 Å². The fourth-order valence-corrected chi connectivity index (χ4v) is 1.95. The van der Waals surface area contributed by atoms with Crippen LogP contribution in [0, 0.1) is 0 Å². The molecule has 0 unspecified atom stereocenters. The zero-order chi connectivity index (χ0) is 16.5. The molecule has 2 rings (SSSR count). The van der Waals surface area contributed by atoms with Crippen LogP contribution < -0.4 is 14.8 Å². The van der Waals surface area contributed by atoms with E-state index >= 15 is 0 Å². The number of aromatic nitrogens is 1. The fraction of sp³-hybridized carbons (Fsp3) is 0.333. The van der Waals surface area contributed by atoms with E-state index in [9.17, 15) is 4.79 Å². The lowest BCUT2D eigenvalue weighted by molar-refractivity contribution is 0.102. The summed E-state index contributed by atoms with van der Waals surface area (Å²) >= 11 is 0. The van der Waals surface area contributed by atoms with E-state index in [-0.39, 0.29) is 5.91 Å². The number of hydrogen-bond acceptors (Lipinski definition) is 4. The van der Waals surface area contributed by atoms with Crippen LogP contribution >= 0.6 is 0 Å². The van der Waals surface area contributed by atoms with Gasteiger partial charge in [0.05, 0.1) is 13.2 Å². The van der Waals surface area contributed by atoms with Gasteiger partial charge < -0.3 is 14.8 Å². The molecule has 1 aromatic carbocycles. The Morgan fingerprint density at radius 1 is 1.00 bits per heavy atom. The Morgan fingerprint density at radius 3 is 2.30 bits per heavy atom. The first kappa shape index (κ1) is 16.8. The van der Waals surface area contributed by atoms with Gasteiger partial charge in [0.15, 0.2) is 11.5 Å². The van der Waals surface area contributed by atoms with Crippen LogP contribution in [0.1, 0.15) is 37.0 Å². The van der Waals surface area contributed by atoms with E-state index in [4.69, 9.17) is 9.47 Å². The van der Waals surface area contributed by atoms with E-state index in [1.807, 2.05) is 19.1 Å². The number of rotatable bonds is 8. The maximum absolute atomic E-state index is 12.2. The molecule has 0 atom stereocenters. The van der Waals surface area contributed by atoms with E-state index in [2.05, 4.69) is 17.2 Å². The van der Waals surface area contributed by atoms with Gasteiger partial charge in [-0.15, -0.1) is 0 Å². The summed E-state index contributed by atoms with van der Waals surface area (Å²) in [6.45, 7) is 5.33. The van der Waals surface area contributed by atoms with Crippen molar-refractivity contribution in [1.82, 2.24) is 4.98 Å². The highest BCUT2D eigenvalue weighted by atomic mass is 16.5. The highest BCUT2D eigenvalue weighted by Gasteiger charge is 2.10. The van der Waals surface area contributed by atoms with Crippen LogP contribution in [-0.2, 0) is 0 Å². The summed E-state index contributed by atoms with van der Waals surface area (Å²) in [5, 5.41) is 2.86. The van der Waals surface area contributed by atoms with Gasteiger partial charge >= 0.3 is 0 Å². The Hall–Kier alpha value is -2.56. The molecule has 0 bridgehead atoms. The molecular weight excluding hydrogens is 292 g/mol. The van der Waals surface area contributed by atoms with Gasteiger partial charge in [0.1, 0.15) is 0 Å². The zero-order valence-corrected chi connectivity index (χ0v) is 13.5. The molecular formula is C18H22N2O3. The smallest absolute Gasteiger partial charge is 0.255 e. The Kier molecular flexibility index (Phi) is 6.41. The van der Waals surface area contributed by atoms with Gasteiger partial charge in [0, 0.05) is 29.7 Å². The molecule has 1 amide bonds. The first-order valence-electron chi connectivity index (χ1n) is 7.85. The van der Waals surface area contributed by atoms with Gasteiger partial charge in [0.2, 0.25) is 0 Å². The minimum Gasteiger partial charge on any atom is -0.490 e. The SMILES string of the molecule is CCCOc1ccc(NC(=O)c2ccncc2)cc1OCCC. The topological polar surface area (TPSA) is 60.5 Å². The number of pyridine rings is 1. The predicted molar refractivity (Wildman–Crippen MR) is 90.2 cm³/mol. The van der Waals surface area contributed by atoms with Gasteiger partial charge in [-0.1, -0.05) is 13.8 Å². The highest BCUT2D eigenvalue weighted by molar-refractivity contribution is 6.04. The molecule has 23 heavy (non-hydrogen) atoms. The van der Waals surface area contributed by atoms with E-state index < -0.39 is 0 Å². The van der Waals surface area contributed by atoms with Crippen LogP contribution in [0.15, 0.2) is 42.7 Å². The van der Waals surface area contributed by atoms with Crippen molar-refractivity contribution in [1.29, 1.82) is 0 Å². The molecule has 122 valence electrons. The molecule has 5 heteroatoms. The average molecular weight is 314 g/mol. The molecule has 0 spiro atoms. The second kappa shape index (κ2) is 8.78. The van der Waals surface area contributed by atoms with Crippen molar-refractivity contribution in [2.75, 3.05) is 18.5 Å². The lowest BCUT2D eigenvalue weighted by Gasteiger charge is -2.14. The summed E-state index contributed by atoms with van der Waals surface area (Å²) in [4.78, 5) is 16.1. The number of ether oxygens (including phenoxy) is 2. The summed E-state index contributed by atoms with van der Waals surface area (Å²) in [6, 6.07) is 8.76. The average Bonchev–Trinajstić information content (AvgIpc) is 2.59. The minimum absolute atomic E-state index is 0.184. The molecule has 0 aliphatic heterocycles. The largest absolute Gasteiger partial charge is 0.490 e. The van der Waals surface area contributed by atoms with Gasteiger partial charge in [-0.25, -0.2) is 0 Å². The van der Waals surface area contributed by atoms with Crippen LogP contribution in [0.5, 0.6) is 11.5 Å². The number of amides is 1. The maximum Gasteiger partial charge on any atom is 0.255 e. The summed E-state index contributed by atoms with van der Waals surface area (Å²) < 4.78 is 11.4. The van der Waals surface area contributed by atoms with Crippen molar-refractivity contribution in [2.45, 2.75) is 26.7 Å². The van der Waals surface area contributed by atoms with Gasteiger partial charge in [-0.05, 0) is 37.1 Å². The van der Waals surface area contributed by atoms with E-state index in [0.29, 0.717) is 36.0 Å². The third-order valence-electron chi connectivity index (χ3n) is 3.07. The summed E-state index contributed by atoms with van der Waals surface area (Å²) in [6.07, 6.45) is 5.01. The van der Waals surface area contributed by atoms with Crippen molar-refractivity contribution < 1.29 is 14.3 Å². The Morgan fingerprint density at radius 2 is 1.65 bits per heavy atom. The minimum atomic E-state index is -0.184. The normalized spacial score (nSPS) is 10.2. The quantitative estimate of drug-likeness (QED) is 0.802.